The van der Waals surface area contributed by atoms with E-state index in [-0.39, 0.29) is 6.54 Å². The van der Waals surface area contributed by atoms with Crippen molar-refractivity contribution in [3.05, 3.63) is 58.1 Å². The largest absolute Gasteiger partial charge is 0.377 e. The first-order chi connectivity index (χ1) is 11.2. The maximum Gasteiger partial charge on any atom is 0.365 e. The van der Waals surface area contributed by atoms with E-state index in [4.69, 9.17) is 11.6 Å². The maximum absolute atomic E-state index is 14.4. The third-order valence-corrected chi connectivity index (χ3v) is 4.95. The second kappa shape index (κ2) is 5.77. The van der Waals surface area contributed by atoms with E-state index in [1.165, 1.54) is 0 Å². The molecule has 0 radical (unpaired) electrons. The number of anilines is 1. The summed E-state index contributed by atoms with van der Waals surface area (Å²) in [6, 6.07) is 8.51. The number of hydrogen-bond acceptors (Lipinski definition) is 2. The Morgan fingerprint density at radius 3 is 2.25 bits per heavy atom. The molecule has 9 heteroatoms. The van der Waals surface area contributed by atoms with Gasteiger partial charge in [-0.2, -0.15) is 17.6 Å². The molecule has 0 saturated heterocycles. The molecule has 0 unspecified atom stereocenters. The number of alkyl halides is 4. The van der Waals surface area contributed by atoms with Gasteiger partial charge in [-0.25, -0.2) is 8.78 Å². The zero-order valence-electron chi connectivity index (χ0n) is 11.6. The molecular formula is C15H8ClF6NS. The number of benzene rings is 2. The lowest BCUT2D eigenvalue weighted by molar-refractivity contribution is -0.156. The number of thioether (sulfide) groups is 1. The molecule has 0 saturated carbocycles. The zero-order valence-corrected chi connectivity index (χ0v) is 13.2. The molecule has 1 aliphatic rings. The second-order valence-corrected chi connectivity index (χ2v) is 6.56. The summed E-state index contributed by atoms with van der Waals surface area (Å²) in [5, 5.41) is -3.17. The molecule has 1 heterocycles. The van der Waals surface area contributed by atoms with Crippen molar-refractivity contribution in [3.8, 4) is 0 Å². The average molecular weight is 384 g/mol. The molecule has 0 atom stereocenters. The molecule has 2 aromatic rings. The first-order valence-corrected chi connectivity index (χ1v) is 7.79. The van der Waals surface area contributed by atoms with Crippen molar-refractivity contribution in [2.45, 2.75) is 22.6 Å². The minimum absolute atomic E-state index is 0.00710. The monoisotopic (exact) mass is 383 g/mol. The minimum atomic E-state index is -4.85. The molecule has 0 bridgehead atoms. The van der Waals surface area contributed by atoms with Crippen LogP contribution in [0.2, 0.25) is 5.02 Å². The highest BCUT2D eigenvalue weighted by molar-refractivity contribution is 8.00. The van der Waals surface area contributed by atoms with Crippen LogP contribution in [0, 0.1) is 11.6 Å². The van der Waals surface area contributed by atoms with Gasteiger partial charge in [0.2, 0.25) is 0 Å². The predicted molar refractivity (Wildman–Crippen MR) is 79.8 cm³/mol. The summed E-state index contributed by atoms with van der Waals surface area (Å²) >= 11 is 4.89. The Labute approximate surface area is 142 Å². The summed E-state index contributed by atoms with van der Waals surface area (Å²) in [5.74, 6) is -8.02. The van der Waals surface area contributed by atoms with Crippen LogP contribution in [0.5, 0.6) is 0 Å². The molecule has 1 N–H and O–H groups in total. The van der Waals surface area contributed by atoms with Crippen LogP contribution in [0.4, 0.5) is 32.0 Å². The van der Waals surface area contributed by atoms with Gasteiger partial charge in [0.15, 0.2) is 11.6 Å². The Balaban J connectivity index is 2.04. The Morgan fingerprint density at radius 2 is 1.62 bits per heavy atom. The molecule has 0 fully saturated rings. The van der Waals surface area contributed by atoms with Crippen molar-refractivity contribution >= 4 is 29.1 Å². The number of fused-ring (bicyclic) bond motifs is 1. The highest BCUT2D eigenvalue weighted by Gasteiger charge is 2.67. The number of halogens is 7. The summed E-state index contributed by atoms with van der Waals surface area (Å²) in [6.07, 6.45) is 0. The van der Waals surface area contributed by atoms with Gasteiger partial charge in [0, 0.05) is 6.54 Å². The summed E-state index contributed by atoms with van der Waals surface area (Å²) in [7, 11) is 0. The van der Waals surface area contributed by atoms with Crippen molar-refractivity contribution in [1.82, 2.24) is 0 Å². The van der Waals surface area contributed by atoms with Crippen LogP contribution in [-0.2, 0) is 12.5 Å². The van der Waals surface area contributed by atoms with Gasteiger partial charge in [0.25, 0.3) is 0 Å². The quantitative estimate of drug-likeness (QED) is 0.513. The van der Waals surface area contributed by atoms with E-state index in [2.05, 4.69) is 5.32 Å². The van der Waals surface area contributed by atoms with E-state index in [9.17, 15) is 26.3 Å². The molecule has 2 aromatic carbocycles. The average Bonchev–Trinajstić information content (AvgIpc) is 2.72. The van der Waals surface area contributed by atoms with Crippen LogP contribution in [0.1, 0.15) is 11.1 Å². The van der Waals surface area contributed by atoms with Gasteiger partial charge in [-0.15, -0.1) is 0 Å². The lowest BCUT2D eigenvalue weighted by Crippen LogP contribution is -2.30. The highest BCUT2D eigenvalue weighted by Crippen LogP contribution is 2.63. The summed E-state index contributed by atoms with van der Waals surface area (Å²) < 4.78 is 82.7. The fourth-order valence-electron chi connectivity index (χ4n) is 2.29. The third-order valence-electron chi connectivity index (χ3n) is 3.50. The van der Waals surface area contributed by atoms with Gasteiger partial charge < -0.3 is 5.32 Å². The Kier molecular flexibility index (Phi) is 4.16. The Morgan fingerprint density at radius 1 is 1.00 bits per heavy atom. The van der Waals surface area contributed by atoms with Crippen LogP contribution >= 0.6 is 23.4 Å². The van der Waals surface area contributed by atoms with E-state index < -0.39 is 55.7 Å². The summed E-state index contributed by atoms with van der Waals surface area (Å²) in [6.45, 7) is 0.00710. The normalized spacial score (nSPS) is 17.6. The van der Waals surface area contributed by atoms with Gasteiger partial charge in [-0.05, 0) is 17.3 Å². The van der Waals surface area contributed by atoms with Gasteiger partial charge >= 0.3 is 11.2 Å². The molecule has 0 aromatic heterocycles. The second-order valence-electron chi connectivity index (χ2n) is 5.05. The van der Waals surface area contributed by atoms with E-state index >= 15 is 0 Å². The Bertz CT molecular complexity index is 797. The molecular weight excluding hydrogens is 376 g/mol. The third kappa shape index (κ3) is 2.52. The molecule has 0 spiro atoms. The van der Waals surface area contributed by atoms with Crippen LogP contribution in [0.3, 0.4) is 0 Å². The Hall–Kier alpha value is -1.54. The van der Waals surface area contributed by atoms with Gasteiger partial charge in [-0.3, -0.25) is 0 Å². The van der Waals surface area contributed by atoms with Crippen molar-refractivity contribution < 1.29 is 26.3 Å². The first kappa shape index (κ1) is 17.3. The number of nitrogens with one attached hydrogen (secondary N) is 1. The molecule has 0 amide bonds. The van der Waals surface area contributed by atoms with Crippen molar-refractivity contribution in [2.75, 3.05) is 5.32 Å². The maximum atomic E-state index is 14.4. The fraction of sp³-hybridized carbons (Fsp3) is 0.200. The number of hydrogen-bond donors (Lipinski definition) is 1. The van der Waals surface area contributed by atoms with Gasteiger partial charge in [0.1, 0.15) is 5.02 Å². The predicted octanol–water partition coefficient (Wildman–Crippen LogP) is 6.02. The van der Waals surface area contributed by atoms with E-state index in [1.807, 2.05) is 0 Å². The van der Waals surface area contributed by atoms with Crippen molar-refractivity contribution in [2.24, 2.45) is 0 Å². The zero-order chi connectivity index (χ0) is 17.7. The molecule has 3 rings (SSSR count). The van der Waals surface area contributed by atoms with Crippen LogP contribution in [0.15, 0.2) is 35.2 Å². The van der Waals surface area contributed by atoms with Crippen molar-refractivity contribution in [1.29, 1.82) is 0 Å². The van der Waals surface area contributed by atoms with Crippen LogP contribution < -0.4 is 5.32 Å². The smallest absolute Gasteiger partial charge is 0.365 e. The minimum Gasteiger partial charge on any atom is -0.377 e. The first-order valence-electron chi connectivity index (χ1n) is 6.60. The van der Waals surface area contributed by atoms with Crippen LogP contribution in [-0.4, -0.2) is 5.25 Å². The summed E-state index contributed by atoms with van der Waals surface area (Å²) in [5.41, 5.74) is -1.65. The van der Waals surface area contributed by atoms with E-state index in [0.717, 1.165) is 0 Å². The molecule has 1 nitrogen and oxygen atoms in total. The number of rotatable bonds is 3. The van der Waals surface area contributed by atoms with Gasteiger partial charge in [-0.1, -0.05) is 41.9 Å². The van der Waals surface area contributed by atoms with Crippen LogP contribution in [0.25, 0.3) is 0 Å². The summed E-state index contributed by atoms with van der Waals surface area (Å²) in [4.78, 5) is -1.14. The standard InChI is InChI=1S/C15H8ClF6NS/c16-9-10(17)8-13(24-15(21,22)14(8,19)20)11(18)12(9)23-6-7-4-2-1-3-5-7/h1-5,23H,6H2. The van der Waals surface area contributed by atoms with Gasteiger partial charge in [0.05, 0.1) is 16.1 Å². The highest BCUT2D eigenvalue weighted by atomic mass is 35.5. The van der Waals surface area contributed by atoms with E-state index in [1.54, 1.807) is 30.3 Å². The SMILES string of the molecule is Fc1c(NCc2ccccc2)c(Cl)c(F)c2c1SC(F)(F)C2(F)F. The fourth-order valence-corrected chi connectivity index (χ4v) is 3.54. The lowest BCUT2D eigenvalue weighted by atomic mass is 10.1. The topological polar surface area (TPSA) is 12.0 Å². The lowest BCUT2D eigenvalue weighted by Gasteiger charge is -2.18. The van der Waals surface area contributed by atoms with E-state index in [0.29, 0.717) is 5.56 Å². The molecule has 24 heavy (non-hydrogen) atoms. The van der Waals surface area contributed by atoms with Crippen molar-refractivity contribution in [3.63, 3.8) is 0 Å². The molecule has 1 aliphatic heterocycles. The molecule has 128 valence electrons. The molecule has 0 aliphatic carbocycles.